The van der Waals surface area contributed by atoms with Gasteiger partial charge in [-0.25, -0.2) is 0 Å². The summed E-state index contributed by atoms with van der Waals surface area (Å²) in [5.74, 6) is -1.02. The molecule has 1 aromatic carbocycles. The maximum absolute atomic E-state index is 11.9. The monoisotopic (exact) mass is 269 g/mol. The lowest BCUT2D eigenvalue weighted by atomic mass is 10.1. The van der Waals surface area contributed by atoms with E-state index in [0.717, 1.165) is 5.56 Å². The second-order valence-electron chi connectivity index (χ2n) is 3.97. The number of aliphatic carboxylic acids is 1. The highest BCUT2D eigenvalue weighted by molar-refractivity contribution is 6.30. The summed E-state index contributed by atoms with van der Waals surface area (Å²) in [7, 11) is 0. The van der Waals surface area contributed by atoms with Crippen molar-refractivity contribution in [3.63, 3.8) is 0 Å². The number of amides is 1. The first kappa shape index (κ1) is 14.5. The Morgan fingerprint density at radius 1 is 1.39 bits per heavy atom. The zero-order valence-corrected chi connectivity index (χ0v) is 11.2. The molecule has 18 heavy (non-hydrogen) atoms. The number of carbonyl (C=O) groups excluding carboxylic acids is 1. The number of anilines is 1. The molecule has 0 bridgehead atoms. The topological polar surface area (TPSA) is 57.6 Å². The molecule has 1 aromatic rings. The summed E-state index contributed by atoms with van der Waals surface area (Å²) < 4.78 is 0. The number of carbonyl (C=O) groups is 2. The highest BCUT2D eigenvalue weighted by Crippen LogP contribution is 2.24. The Morgan fingerprint density at radius 3 is 2.56 bits per heavy atom. The molecule has 0 heterocycles. The minimum absolute atomic E-state index is 0.0756. The van der Waals surface area contributed by atoms with E-state index in [2.05, 4.69) is 0 Å². The summed E-state index contributed by atoms with van der Waals surface area (Å²) in [5, 5.41) is 9.31. The predicted octanol–water partition coefficient (Wildman–Crippen LogP) is 2.87. The molecular formula is C13H16ClNO3. The van der Waals surface area contributed by atoms with Crippen LogP contribution in [0.2, 0.25) is 5.02 Å². The maximum atomic E-state index is 11.9. The Hall–Kier alpha value is -1.55. The first-order valence-corrected chi connectivity index (χ1v) is 6.11. The van der Waals surface area contributed by atoms with E-state index in [0.29, 0.717) is 17.1 Å². The molecule has 0 aliphatic carbocycles. The molecule has 0 fully saturated rings. The van der Waals surface area contributed by atoms with E-state index in [-0.39, 0.29) is 18.9 Å². The third-order valence-corrected chi connectivity index (χ3v) is 2.84. The zero-order chi connectivity index (χ0) is 13.7. The molecule has 0 aromatic heterocycles. The number of hydrogen-bond acceptors (Lipinski definition) is 2. The summed E-state index contributed by atoms with van der Waals surface area (Å²) in [5.41, 5.74) is 1.57. The van der Waals surface area contributed by atoms with Gasteiger partial charge in [-0.3, -0.25) is 9.59 Å². The first-order valence-electron chi connectivity index (χ1n) is 5.74. The van der Waals surface area contributed by atoms with E-state index in [4.69, 9.17) is 16.7 Å². The Kier molecular flexibility index (Phi) is 5.16. The van der Waals surface area contributed by atoms with Crippen molar-refractivity contribution in [3.8, 4) is 0 Å². The quantitative estimate of drug-likeness (QED) is 0.894. The van der Waals surface area contributed by atoms with Gasteiger partial charge in [0.25, 0.3) is 0 Å². The van der Waals surface area contributed by atoms with Gasteiger partial charge < -0.3 is 10.0 Å². The number of nitrogens with zero attached hydrogens (tertiary/aromatic N) is 1. The molecule has 0 saturated heterocycles. The molecule has 0 aliphatic heterocycles. The van der Waals surface area contributed by atoms with E-state index in [9.17, 15) is 9.59 Å². The van der Waals surface area contributed by atoms with E-state index in [1.165, 1.54) is 4.90 Å². The summed E-state index contributed by atoms with van der Waals surface area (Å²) >= 11 is 5.87. The highest BCUT2D eigenvalue weighted by Gasteiger charge is 2.17. The van der Waals surface area contributed by atoms with Crippen molar-refractivity contribution in [2.24, 2.45) is 0 Å². The maximum Gasteiger partial charge on any atom is 0.305 e. The molecule has 0 unspecified atom stereocenters. The summed E-state index contributed by atoms with van der Waals surface area (Å²) in [6.07, 6.45) is 0.259. The molecule has 98 valence electrons. The van der Waals surface area contributed by atoms with Crippen LogP contribution in [0, 0.1) is 6.92 Å². The fraction of sp³-hybridized carbons (Fsp3) is 0.385. The minimum atomic E-state index is -0.921. The van der Waals surface area contributed by atoms with Crippen molar-refractivity contribution in [1.29, 1.82) is 0 Å². The van der Waals surface area contributed by atoms with Crippen molar-refractivity contribution in [3.05, 3.63) is 28.8 Å². The molecule has 0 spiro atoms. The van der Waals surface area contributed by atoms with Gasteiger partial charge in [-0.2, -0.15) is 0 Å². The SMILES string of the molecule is CCC(=O)N(CCC(=O)O)c1ccc(Cl)cc1C. The molecular weight excluding hydrogens is 254 g/mol. The largest absolute Gasteiger partial charge is 0.481 e. The van der Waals surface area contributed by atoms with Crippen LogP contribution in [0.1, 0.15) is 25.3 Å². The Labute approximate surface area is 111 Å². The molecule has 4 nitrogen and oxygen atoms in total. The average molecular weight is 270 g/mol. The highest BCUT2D eigenvalue weighted by atomic mass is 35.5. The van der Waals surface area contributed by atoms with Gasteiger partial charge in [-0.05, 0) is 30.7 Å². The zero-order valence-electron chi connectivity index (χ0n) is 10.4. The normalized spacial score (nSPS) is 10.2. The van der Waals surface area contributed by atoms with Gasteiger partial charge >= 0.3 is 5.97 Å². The van der Waals surface area contributed by atoms with Crippen LogP contribution in [0.4, 0.5) is 5.69 Å². The summed E-state index contributed by atoms with van der Waals surface area (Å²) in [6, 6.07) is 5.20. The van der Waals surface area contributed by atoms with Crippen LogP contribution in [0.25, 0.3) is 0 Å². The van der Waals surface area contributed by atoms with Gasteiger partial charge in [0.1, 0.15) is 0 Å². The van der Waals surface area contributed by atoms with Gasteiger partial charge in [-0.1, -0.05) is 18.5 Å². The van der Waals surface area contributed by atoms with E-state index >= 15 is 0 Å². The fourth-order valence-corrected chi connectivity index (χ4v) is 1.93. The van der Waals surface area contributed by atoms with Crippen LogP contribution in [-0.4, -0.2) is 23.5 Å². The molecule has 1 N–H and O–H groups in total. The van der Waals surface area contributed by atoms with Crippen molar-refractivity contribution >= 4 is 29.2 Å². The first-order chi connectivity index (χ1) is 8.45. The lowest BCUT2D eigenvalue weighted by molar-refractivity contribution is -0.136. The minimum Gasteiger partial charge on any atom is -0.481 e. The van der Waals surface area contributed by atoms with Crippen molar-refractivity contribution in [2.75, 3.05) is 11.4 Å². The standard InChI is InChI=1S/C13H16ClNO3/c1-3-12(16)15(7-6-13(17)18)11-5-4-10(14)8-9(11)2/h4-5,8H,3,6-7H2,1-2H3,(H,17,18). The Morgan fingerprint density at radius 2 is 2.06 bits per heavy atom. The molecule has 0 atom stereocenters. The van der Waals surface area contributed by atoms with Gasteiger partial charge in [0.05, 0.1) is 6.42 Å². The second kappa shape index (κ2) is 6.40. The van der Waals surface area contributed by atoms with Crippen molar-refractivity contribution in [1.82, 2.24) is 0 Å². The van der Waals surface area contributed by atoms with Crippen molar-refractivity contribution < 1.29 is 14.7 Å². The van der Waals surface area contributed by atoms with E-state index in [1.807, 2.05) is 6.92 Å². The summed E-state index contributed by atoms with van der Waals surface area (Å²) in [4.78, 5) is 24.0. The molecule has 0 aliphatic rings. The summed E-state index contributed by atoms with van der Waals surface area (Å²) in [6.45, 7) is 3.77. The Bertz CT molecular complexity index is 460. The second-order valence-corrected chi connectivity index (χ2v) is 4.41. The predicted molar refractivity (Wildman–Crippen MR) is 71.1 cm³/mol. The smallest absolute Gasteiger partial charge is 0.305 e. The van der Waals surface area contributed by atoms with Crippen LogP contribution in [0.15, 0.2) is 18.2 Å². The van der Waals surface area contributed by atoms with Gasteiger partial charge in [0.15, 0.2) is 0 Å². The number of rotatable bonds is 5. The van der Waals surface area contributed by atoms with Gasteiger partial charge in [-0.15, -0.1) is 0 Å². The lowest BCUT2D eigenvalue weighted by Gasteiger charge is -2.23. The average Bonchev–Trinajstić information content (AvgIpc) is 2.30. The third-order valence-electron chi connectivity index (χ3n) is 2.60. The van der Waals surface area contributed by atoms with Gasteiger partial charge in [0, 0.05) is 23.7 Å². The fourth-order valence-electron chi connectivity index (χ4n) is 1.70. The molecule has 5 heteroatoms. The van der Waals surface area contributed by atoms with Crippen LogP contribution in [-0.2, 0) is 9.59 Å². The number of halogens is 1. The molecule has 0 saturated carbocycles. The Balaban J connectivity index is 3.01. The third kappa shape index (κ3) is 3.74. The number of aryl methyl sites for hydroxylation is 1. The number of carboxylic acid groups (broad SMARTS) is 1. The van der Waals surface area contributed by atoms with Crippen molar-refractivity contribution in [2.45, 2.75) is 26.7 Å². The van der Waals surface area contributed by atoms with Crippen LogP contribution in [0.5, 0.6) is 0 Å². The van der Waals surface area contributed by atoms with Crippen LogP contribution in [0.3, 0.4) is 0 Å². The van der Waals surface area contributed by atoms with Crippen LogP contribution >= 0.6 is 11.6 Å². The molecule has 1 rings (SSSR count). The molecule has 1 amide bonds. The molecule has 0 radical (unpaired) electrons. The van der Waals surface area contributed by atoms with Crippen LogP contribution < -0.4 is 4.90 Å². The number of benzene rings is 1. The lowest BCUT2D eigenvalue weighted by Crippen LogP contribution is -2.32. The van der Waals surface area contributed by atoms with Gasteiger partial charge in [0.2, 0.25) is 5.91 Å². The number of hydrogen-bond donors (Lipinski definition) is 1. The van der Waals surface area contributed by atoms with E-state index in [1.54, 1.807) is 25.1 Å². The van der Waals surface area contributed by atoms with E-state index < -0.39 is 5.97 Å². The number of carboxylic acids is 1.